The first-order valence-corrected chi connectivity index (χ1v) is 9.48. The molecule has 0 spiro atoms. The van der Waals surface area contributed by atoms with Gasteiger partial charge in [0.25, 0.3) is 0 Å². The van der Waals surface area contributed by atoms with Gasteiger partial charge in [-0.15, -0.1) is 0 Å². The number of Topliss-reactive ketones (excluding diaryl/α,β-unsaturated/α-hetero) is 1. The molecule has 4 nitrogen and oxygen atoms in total. The van der Waals surface area contributed by atoms with Crippen LogP contribution in [0, 0.1) is 0 Å². The summed E-state index contributed by atoms with van der Waals surface area (Å²) in [5.41, 5.74) is 3.33. The maximum absolute atomic E-state index is 11.4. The molecule has 0 fully saturated rings. The molecule has 0 aliphatic carbocycles. The van der Waals surface area contributed by atoms with Gasteiger partial charge in [0, 0.05) is 22.8 Å². The Morgan fingerprint density at radius 2 is 1.67 bits per heavy atom. The Morgan fingerprint density at radius 3 is 2.33 bits per heavy atom. The van der Waals surface area contributed by atoms with Crippen molar-refractivity contribution in [3.8, 4) is 28.3 Å². The highest BCUT2D eigenvalue weighted by atomic mass is 16.5. The molecule has 3 aromatic rings. The van der Waals surface area contributed by atoms with Crippen molar-refractivity contribution in [3.63, 3.8) is 0 Å². The lowest BCUT2D eigenvalue weighted by Gasteiger charge is -2.06. The fourth-order valence-corrected chi connectivity index (χ4v) is 2.86. The monoisotopic (exact) mass is 363 g/mol. The minimum absolute atomic E-state index is 0.0486. The molecule has 0 saturated heterocycles. The molecule has 140 valence electrons. The number of carbonyl (C=O) groups is 1. The van der Waals surface area contributed by atoms with Gasteiger partial charge >= 0.3 is 0 Å². The number of unbranched alkanes of at least 4 members (excludes halogenated alkanes) is 3. The molecular weight excluding hydrogens is 338 g/mol. The molecule has 0 atom stereocenters. The number of ketones is 1. The van der Waals surface area contributed by atoms with Crippen LogP contribution in [-0.2, 0) is 0 Å². The molecule has 0 aliphatic heterocycles. The molecule has 0 bridgehead atoms. The van der Waals surface area contributed by atoms with Crippen LogP contribution >= 0.6 is 0 Å². The van der Waals surface area contributed by atoms with E-state index in [4.69, 9.17) is 9.26 Å². The van der Waals surface area contributed by atoms with E-state index in [9.17, 15) is 4.79 Å². The number of aromatic nitrogens is 1. The third kappa shape index (κ3) is 5.07. The summed E-state index contributed by atoms with van der Waals surface area (Å²) < 4.78 is 11.2. The van der Waals surface area contributed by atoms with Crippen LogP contribution in [0.15, 0.2) is 59.1 Å². The van der Waals surface area contributed by atoms with E-state index in [1.165, 1.54) is 19.3 Å². The standard InChI is InChI=1S/C23H25NO3/c1-3-4-5-6-15-26-21-13-11-19(12-14-21)22-16-23(27-24-22)20-9-7-18(8-10-20)17(2)25/h7-14,16H,3-6,15H2,1-2H3. The summed E-state index contributed by atoms with van der Waals surface area (Å²) in [6.45, 7) is 4.51. The van der Waals surface area contributed by atoms with Crippen molar-refractivity contribution in [2.45, 2.75) is 39.5 Å². The van der Waals surface area contributed by atoms with Gasteiger partial charge in [-0.3, -0.25) is 4.79 Å². The summed E-state index contributed by atoms with van der Waals surface area (Å²) in [6.07, 6.45) is 4.79. The first-order valence-electron chi connectivity index (χ1n) is 9.48. The quantitative estimate of drug-likeness (QED) is 0.337. The van der Waals surface area contributed by atoms with Gasteiger partial charge in [-0.2, -0.15) is 0 Å². The Bertz CT molecular complexity index is 863. The number of benzene rings is 2. The maximum Gasteiger partial charge on any atom is 0.167 e. The summed E-state index contributed by atoms with van der Waals surface area (Å²) in [4.78, 5) is 11.4. The second kappa shape index (κ2) is 9.17. The zero-order valence-electron chi connectivity index (χ0n) is 15.9. The molecule has 27 heavy (non-hydrogen) atoms. The zero-order valence-corrected chi connectivity index (χ0v) is 15.9. The molecular formula is C23H25NO3. The van der Waals surface area contributed by atoms with Gasteiger partial charge < -0.3 is 9.26 Å². The molecule has 0 aliphatic rings. The van der Waals surface area contributed by atoms with Crippen molar-refractivity contribution in [3.05, 3.63) is 60.2 Å². The maximum atomic E-state index is 11.4. The first kappa shape index (κ1) is 18.9. The number of hydrogen-bond acceptors (Lipinski definition) is 4. The highest BCUT2D eigenvalue weighted by Gasteiger charge is 2.09. The van der Waals surface area contributed by atoms with Crippen molar-refractivity contribution in [1.29, 1.82) is 0 Å². The lowest BCUT2D eigenvalue weighted by Crippen LogP contribution is -1.96. The van der Waals surface area contributed by atoms with Gasteiger partial charge in [-0.1, -0.05) is 55.6 Å². The van der Waals surface area contributed by atoms with E-state index in [1.54, 1.807) is 19.1 Å². The third-order valence-corrected chi connectivity index (χ3v) is 4.50. The summed E-state index contributed by atoms with van der Waals surface area (Å²) in [5.74, 6) is 1.60. The normalized spacial score (nSPS) is 10.7. The summed E-state index contributed by atoms with van der Waals surface area (Å²) in [5, 5.41) is 4.16. The van der Waals surface area contributed by atoms with Crippen LogP contribution < -0.4 is 4.74 Å². The second-order valence-corrected chi connectivity index (χ2v) is 6.64. The summed E-state index contributed by atoms with van der Waals surface area (Å²) >= 11 is 0. The van der Waals surface area contributed by atoms with E-state index in [0.717, 1.165) is 35.6 Å². The molecule has 3 rings (SSSR count). The molecule has 0 unspecified atom stereocenters. The molecule has 2 aromatic carbocycles. The lowest BCUT2D eigenvalue weighted by molar-refractivity contribution is 0.101. The number of carbonyl (C=O) groups excluding carboxylic acids is 1. The topological polar surface area (TPSA) is 52.3 Å². The Hall–Kier alpha value is -2.88. The minimum Gasteiger partial charge on any atom is -0.494 e. The minimum atomic E-state index is 0.0486. The van der Waals surface area contributed by atoms with E-state index >= 15 is 0 Å². The van der Waals surface area contributed by atoms with E-state index in [-0.39, 0.29) is 5.78 Å². The molecule has 0 radical (unpaired) electrons. The van der Waals surface area contributed by atoms with Crippen LogP contribution in [0.25, 0.3) is 22.6 Å². The van der Waals surface area contributed by atoms with Gasteiger partial charge in [0.1, 0.15) is 11.4 Å². The smallest absolute Gasteiger partial charge is 0.167 e. The van der Waals surface area contributed by atoms with Crippen LogP contribution in [0.3, 0.4) is 0 Å². The molecule has 1 aromatic heterocycles. The largest absolute Gasteiger partial charge is 0.494 e. The lowest BCUT2D eigenvalue weighted by atomic mass is 10.1. The van der Waals surface area contributed by atoms with Crippen molar-refractivity contribution < 1.29 is 14.1 Å². The number of rotatable bonds is 9. The number of hydrogen-bond donors (Lipinski definition) is 0. The fourth-order valence-electron chi connectivity index (χ4n) is 2.86. The average Bonchev–Trinajstić information content (AvgIpc) is 3.18. The Labute approximate surface area is 160 Å². The van der Waals surface area contributed by atoms with Crippen molar-refractivity contribution >= 4 is 5.78 Å². The van der Waals surface area contributed by atoms with E-state index < -0.39 is 0 Å². The van der Waals surface area contributed by atoms with Gasteiger partial charge in [-0.25, -0.2) is 0 Å². The predicted octanol–water partition coefficient (Wildman–Crippen LogP) is 6.17. The second-order valence-electron chi connectivity index (χ2n) is 6.64. The van der Waals surface area contributed by atoms with Gasteiger partial charge in [0.15, 0.2) is 11.5 Å². The van der Waals surface area contributed by atoms with Crippen molar-refractivity contribution in [2.75, 3.05) is 6.61 Å². The summed E-state index contributed by atoms with van der Waals surface area (Å²) in [6, 6.07) is 17.1. The average molecular weight is 363 g/mol. The Morgan fingerprint density at radius 1 is 0.963 bits per heavy atom. The Balaban J connectivity index is 1.63. The first-order chi connectivity index (χ1) is 13.2. The van der Waals surface area contributed by atoms with Crippen LogP contribution in [0.1, 0.15) is 49.9 Å². The summed E-state index contributed by atoms with van der Waals surface area (Å²) in [7, 11) is 0. The SMILES string of the molecule is CCCCCCOc1ccc(-c2cc(-c3ccc(C(C)=O)cc3)on2)cc1. The van der Waals surface area contributed by atoms with Gasteiger partial charge in [-0.05, 0) is 37.6 Å². The molecule has 0 amide bonds. The number of nitrogens with zero attached hydrogens (tertiary/aromatic N) is 1. The highest BCUT2D eigenvalue weighted by Crippen LogP contribution is 2.27. The van der Waals surface area contributed by atoms with Gasteiger partial charge in [0.2, 0.25) is 0 Å². The third-order valence-electron chi connectivity index (χ3n) is 4.50. The van der Waals surface area contributed by atoms with Crippen molar-refractivity contribution in [2.24, 2.45) is 0 Å². The highest BCUT2D eigenvalue weighted by molar-refractivity contribution is 5.94. The molecule has 4 heteroatoms. The van der Waals surface area contributed by atoms with E-state index in [0.29, 0.717) is 11.3 Å². The predicted molar refractivity (Wildman–Crippen MR) is 107 cm³/mol. The fraction of sp³-hybridized carbons (Fsp3) is 0.304. The van der Waals surface area contributed by atoms with Gasteiger partial charge in [0.05, 0.1) is 6.61 Å². The van der Waals surface area contributed by atoms with Crippen LogP contribution in [0.5, 0.6) is 5.75 Å². The molecule has 0 N–H and O–H groups in total. The Kier molecular flexibility index (Phi) is 6.42. The van der Waals surface area contributed by atoms with E-state index in [2.05, 4.69) is 12.1 Å². The molecule has 1 heterocycles. The van der Waals surface area contributed by atoms with Crippen LogP contribution in [0.4, 0.5) is 0 Å². The number of ether oxygens (including phenoxy) is 1. The van der Waals surface area contributed by atoms with Crippen molar-refractivity contribution in [1.82, 2.24) is 5.16 Å². The van der Waals surface area contributed by atoms with Crippen LogP contribution in [-0.4, -0.2) is 17.5 Å². The van der Waals surface area contributed by atoms with E-state index in [1.807, 2.05) is 42.5 Å². The molecule has 0 saturated carbocycles. The van der Waals surface area contributed by atoms with Crippen LogP contribution in [0.2, 0.25) is 0 Å². The zero-order chi connectivity index (χ0) is 19.1.